The molecule has 0 bridgehead atoms. The summed E-state index contributed by atoms with van der Waals surface area (Å²) in [5.41, 5.74) is 1.51. The molecule has 1 rings (SSSR count). The van der Waals surface area contributed by atoms with Crippen LogP contribution < -0.4 is 5.32 Å². The van der Waals surface area contributed by atoms with Crippen LogP contribution in [0.5, 0.6) is 0 Å². The van der Waals surface area contributed by atoms with Crippen LogP contribution in [0.3, 0.4) is 0 Å². The summed E-state index contributed by atoms with van der Waals surface area (Å²) in [5, 5.41) is 3.02. The Labute approximate surface area is 85.1 Å². The smallest absolute Gasteiger partial charge is 0.0823 e. The maximum Gasteiger partial charge on any atom is 0.0823 e. The summed E-state index contributed by atoms with van der Waals surface area (Å²) < 4.78 is 0. The monoisotopic (exact) mass is 197 g/mol. The van der Waals surface area contributed by atoms with Gasteiger partial charge in [0.1, 0.15) is 0 Å². The Balaban J connectivity index is 2.20. The van der Waals surface area contributed by atoms with Gasteiger partial charge in [0, 0.05) is 0 Å². The summed E-state index contributed by atoms with van der Waals surface area (Å²) in [4.78, 5) is 0. The number of rotatable bonds is 5. The van der Waals surface area contributed by atoms with Crippen molar-refractivity contribution in [2.45, 2.75) is 24.8 Å². The van der Waals surface area contributed by atoms with E-state index in [2.05, 4.69) is 29.6 Å². The van der Waals surface area contributed by atoms with Crippen molar-refractivity contribution in [2.75, 3.05) is 7.05 Å². The predicted octanol–water partition coefficient (Wildman–Crippen LogP) is 2.79. The first-order valence-electron chi connectivity index (χ1n) is 4.68. The molecule has 1 aromatic rings. The van der Waals surface area contributed by atoms with E-state index < -0.39 is 0 Å². The van der Waals surface area contributed by atoms with Crippen molar-refractivity contribution in [3.63, 3.8) is 0 Å². The largest absolute Gasteiger partial charge is 0.304 e. The van der Waals surface area contributed by atoms with Crippen molar-refractivity contribution in [1.82, 2.24) is 5.32 Å². The molecule has 1 aromatic carbocycles. The average Bonchev–Trinajstić information content (AvgIpc) is 2.19. The number of hydrogen-bond donors (Lipinski definition) is 1. The second-order valence-corrected chi connectivity index (χ2v) is 3.66. The normalized spacial score (nSPS) is 12.8. The Hall–Kier alpha value is -0.530. The predicted molar refractivity (Wildman–Crippen MR) is 58.1 cm³/mol. The third kappa shape index (κ3) is 4.30. The number of alkyl halides is 1. The summed E-state index contributed by atoms with van der Waals surface area (Å²) in [6, 6.07) is 10.5. The molecular weight excluding hydrogens is 182 g/mol. The van der Waals surface area contributed by atoms with Gasteiger partial charge in [0.25, 0.3) is 0 Å². The molecule has 0 amide bonds. The second kappa shape index (κ2) is 6.01. The van der Waals surface area contributed by atoms with Crippen molar-refractivity contribution >= 4 is 11.6 Å². The molecular formula is C11H16ClN. The summed E-state index contributed by atoms with van der Waals surface area (Å²) in [5.74, 6) is 0. The highest BCUT2D eigenvalue weighted by Gasteiger charge is 1.99. The van der Waals surface area contributed by atoms with Gasteiger partial charge in [0.2, 0.25) is 0 Å². The second-order valence-electron chi connectivity index (χ2n) is 3.13. The van der Waals surface area contributed by atoms with E-state index in [1.54, 1.807) is 0 Å². The van der Waals surface area contributed by atoms with Crippen LogP contribution in [-0.4, -0.2) is 12.5 Å². The number of nitrogens with one attached hydrogen (secondary N) is 1. The Bertz CT molecular complexity index is 223. The van der Waals surface area contributed by atoms with E-state index >= 15 is 0 Å². The maximum absolute atomic E-state index is 5.92. The fraction of sp³-hybridized carbons (Fsp3) is 0.455. The Morgan fingerprint density at radius 1 is 1.31 bits per heavy atom. The van der Waals surface area contributed by atoms with Crippen LogP contribution in [0.1, 0.15) is 18.4 Å². The van der Waals surface area contributed by atoms with Crippen LogP contribution in [0.4, 0.5) is 0 Å². The maximum atomic E-state index is 5.92. The number of halogens is 1. The fourth-order valence-electron chi connectivity index (χ4n) is 1.27. The zero-order valence-corrected chi connectivity index (χ0v) is 8.72. The Kier molecular flexibility index (Phi) is 4.87. The van der Waals surface area contributed by atoms with Gasteiger partial charge in [-0.2, -0.15) is 0 Å². The molecule has 0 aliphatic heterocycles. The topological polar surface area (TPSA) is 12.0 Å². The van der Waals surface area contributed by atoms with Gasteiger partial charge in [-0.3, -0.25) is 0 Å². The van der Waals surface area contributed by atoms with E-state index in [4.69, 9.17) is 11.6 Å². The number of aryl methyl sites for hydroxylation is 1. The Morgan fingerprint density at radius 2 is 2.00 bits per heavy atom. The minimum Gasteiger partial charge on any atom is -0.304 e. The fourth-order valence-corrected chi connectivity index (χ4v) is 1.43. The third-order valence-electron chi connectivity index (χ3n) is 2.08. The molecule has 1 atom stereocenters. The molecule has 0 aliphatic rings. The Morgan fingerprint density at radius 3 is 2.62 bits per heavy atom. The van der Waals surface area contributed by atoms with Crippen molar-refractivity contribution in [2.24, 2.45) is 0 Å². The van der Waals surface area contributed by atoms with Crippen molar-refractivity contribution in [3.8, 4) is 0 Å². The summed E-state index contributed by atoms with van der Waals surface area (Å²) in [7, 11) is 1.89. The molecule has 2 heteroatoms. The van der Waals surface area contributed by atoms with Crippen LogP contribution in [0.2, 0.25) is 0 Å². The summed E-state index contributed by atoms with van der Waals surface area (Å²) in [6.45, 7) is 0. The molecule has 0 spiro atoms. The highest BCUT2D eigenvalue weighted by atomic mass is 35.5. The van der Waals surface area contributed by atoms with E-state index in [-0.39, 0.29) is 5.50 Å². The number of hydrogen-bond acceptors (Lipinski definition) is 1. The lowest BCUT2D eigenvalue weighted by Gasteiger charge is -2.06. The van der Waals surface area contributed by atoms with E-state index in [1.165, 1.54) is 5.56 Å². The quantitative estimate of drug-likeness (QED) is 0.566. The van der Waals surface area contributed by atoms with Crippen LogP contribution in [0.25, 0.3) is 0 Å². The van der Waals surface area contributed by atoms with Gasteiger partial charge < -0.3 is 5.32 Å². The zero-order valence-electron chi connectivity index (χ0n) is 7.96. The first-order valence-corrected chi connectivity index (χ1v) is 5.12. The molecule has 1 N–H and O–H groups in total. The summed E-state index contributed by atoms with van der Waals surface area (Å²) >= 11 is 5.92. The molecule has 0 aliphatic carbocycles. The highest BCUT2D eigenvalue weighted by Crippen LogP contribution is 2.07. The molecule has 0 fully saturated rings. The average molecular weight is 198 g/mol. The molecule has 0 saturated carbocycles. The van der Waals surface area contributed by atoms with E-state index in [9.17, 15) is 0 Å². The lowest BCUT2D eigenvalue weighted by molar-refractivity contribution is 0.630. The molecule has 0 saturated heterocycles. The number of benzene rings is 1. The van der Waals surface area contributed by atoms with Gasteiger partial charge in [-0.15, -0.1) is 11.6 Å². The lowest BCUT2D eigenvalue weighted by Crippen LogP contribution is -2.18. The molecule has 1 unspecified atom stereocenters. The van der Waals surface area contributed by atoms with E-state index in [1.807, 2.05) is 13.1 Å². The van der Waals surface area contributed by atoms with Crippen molar-refractivity contribution in [1.29, 1.82) is 0 Å². The third-order valence-corrected chi connectivity index (χ3v) is 2.52. The minimum absolute atomic E-state index is 0.115. The van der Waals surface area contributed by atoms with Crippen molar-refractivity contribution in [3.05, 3.63) is 35.9 Å². The molecule has 0 radical (unpaired) electrons. The highest BCUT2D eigenvalue weighted by molar-refractivity contribution is 6.20. The van der Waals surface area contributed by atoms with Gasteiger partial charge in [-0.05, 0) is 31.9 Å². The molecule has 1 nitrogen and oxygen atoms in total. The first kappa shape index (κ1) is 10.6. The van der Waals surface area contributed by atoms with Gasteiger partial charge >= 0.3 is 0 Å². The first-order chi connectivity index (χ1) is 6.33. The SMILES string of the molecule is CNC(Cl)CCCc1ccccc1. The van der Waals surface area contributed by atoms with Crippen LogP contribution in [0.15, 0.2) is 30.3 Å². The van der Waals surface area contributed by atoms with E-state index in [0.29, 0.717) is 0 Å². The van der Waals surface area contributed by atoms with E-state index in [0.717, 1.165) is 19.3 Å². The van der Waals surface area contributed by atoms with Gasteiger partial charge in [0.15, 0.2) is 0 Å². The molecule has 0 heterocycles. The van der Waals surface area contributed by atoms with Gasteiger partial charge in [-0.1, -0.05) is 30.3 Å². The lowest BCUT2D eigenvalue weighted by atomic mass is 10.1. The molecule has 72 valence electrons. The standard InChI is InChI=1S/C11H16ClN/c1-13-11(12)9-5-8-10-6-3-2-4-7-10/h2-4,6-7,11,13H,5,8-9H2,1H3. The minimum atomic E-state index is 0.115. The van der Waals surface area contributed by atoms with Crippen LogP contribution >= 0.6 is 11.6 Å². The molecule has 13 heavy (non-hydrogen) atoms. The van der Waals surface area contributed by atoms with Gasteiger partial charge in [0.05, 0.1) is 5.50 Å². The molecule has 0 aromatic heterocycles. The van der Waals surface area contributed by atoms with Crippen LogP contribution in [-0.2, 0) is 6.42 Å². The zero-order chi connectivity index (χ0) is 9.52. The van der Waals surface area contributed by atoms with Crippen molar-refractivity contribution < 1.29 is 0 Å². The van der Waals surface area contributed by atoms with Gasteiger partial charge in [-0.25, -0.2) is 0 Å². The summed E-state index contributed by atoms with van der Waals surface area (Å²) in [6.07, 6.45) is 3.28. The van der Waals surface area contributed by atoms with Crippen LogP contribution in [0, 0.1) is 0 Å².